The van der Waals surface area contributed by atoms with Crippen LogP contribution >= 0.6 is 0 Å². The van der Waals surface area contributed by atoms with Gasteiger partial charge in [-0.05, 0) is 35.7 Å². The third-order valence-electron chi connectivity index (χ3n) is 5.02. The second-order valence-corrected chi connectivity index (χ2v) is 7.23. The molecule has 0 unspecified atom stereocenters. The van der Waals surface area contributed by atoms with E-state index in [2.05, 4.69) is 10.4 Å². The van der Waals surface area contributed by atoms with Crippen LogP contribution in [-0.4, -0.2) is 33.0 Å². The number of carbonyl (C=O) groups excluding carboxylic acids is 2. The minimum Gasteiger partial charge on any atom is -0.347 e. The second kappa shape index (κ2) is 8.73. The number of carbonyl (C=O) groups is 2. The summed E-state index contributed by atoms with van der Waals surface area (Å²) in [7, 11) is 0. The van der Waals surface area contributed by atoms with E-state index in [-0.39, 0.29) is 23.1 Å². The van der Waals surface area contributed by atoms with Gasteiger partial charge in [-0.15, -0.1) is 0 Å². The van der Waals surface area contributed by atoms with E-state index in [0.29, 0.717) is 25.2 Å². The van der Waals surface area contributed by atoms with Crippen molar-refractivity contribution in [1.82, 2.24) is 20.0 Å². The van der Waals surface area contributed by atoms with Gasteiger partial charge in [-0.25, -0.2) is 0 Å². The molecule has 0 bridgehead atoms. The molecule has 0 atom stereocenters. The number of amides is 2. The molecule has 30 heavy (non-hydrogen) atoms. The van der Waals surface area contributed by atoms with E-state index in [4.69, 9.17) is 0 Å². The van der Waals surface area contributed by atoms with Gasteiger partial charge in [0.15, 0.2) is 0 Å². The van der Waals surface area contributed by atoms with E-state index < -0.39 is 0 Å². The number of nitrogens with one attached hydrogen (secondary N) is 1. The maximum absolute atomic E-state index is 12.6. The quantitative estimate of drug-likeness (QED) is 0.686. The number of hydrogen-bond acceptors (Lipinski definition) is 4. The first kappa shape index (κ1) is 19.6. The molecule has 3 aromatic rings. The summed E-state index contributed by atoms with van der Waals surface area (Å²) in [5.41, 5.74) is 2.43. The monoisotopic (exact) mass is 402 g/mol. The highest BCUT2D eigenvalue weighted by Gasteiger charge is 2.20. The Bertz CT molecular complexity index is 1120. The normalized spacial score (nSPS) is 13.5. The molecule has 2 amide bonds. The highest BCUT2D eigenvalue weighted by atomic mass is 16.2. The number of likely N-dealkylation sites (tertiary alicyclic amines) is 1. The third-order valence-corrected chi connectivity index (χ3v) is 5.02. The van der Waals surface area contributed by atoms with Gasteiger partial charge in [0.1, 0.15) is 5.69 Å². The van der Waals surface area contributed by atoms with Gasteiger partial charge in [-0.2, -0.15) is 9.78 Å². The fourth-order valence-electron chi connectivity index (χ4n) is 3.49. The molecule has 2 aromatic carbocycles. The third kappa shape index (κ3) is 4.46. The zero-order chi connectivity index (χ0) is 20.9. The minimum absolute atomic E-state index is 0.164. The van der Waals surface area contributed by atoms with Gasteiger partial charge < -0.3 is 10.2 Å². The van der Waals surface area contributed by atoms with Crippen molar-refractivity contribution in [1.29, 1.82) is 0 Å². The van der Waals surface area contributed by atoms with Crippen LogP contribution in [0.3, 0.4) is 0 Å². The Balaban J connectivity index is 1.43. The van der Waals surface area contributed by atoms with Crippen LogP contribution in [0.15, 0.2) is 71.5 Å². The Hall–Kier alpha value is -3.74. The topological polar surface area (TPSA) is 84.3 Å². The summed E-state index contributed by atoms with van der Waals surface area (Å²) in [5.74, 6) is -0.173. The highest BCUT2D eigenvalue weighted by molar-refractivity contribution is 5.92. The number of benzene rings is 2. The molecular formula is C23H22N4O3. The number of aromatic nitrogens is 2. The van der Waals surface area contributed by atoms with Crippen LogP contribution in [0.25, 0.3) is 5.69 Å². The van der Waals surface area contributed by atoms with Crippen LogP contribution in [-0.2, 0) is 17.9 Å². The SMILES string of the molecule is O=C(NCc1cccc(CN2CCCC2=O)c1)c1ccc(=O)n(-c2ccccc2)n1. The fourth-order valence-corrected chi connectivity index (χ4v) is 3.49. The van der Waals surface area contributed by atoms with Gasteiger partial charge in [-0.3, -0.25) is 14.4 Å². The maximum atomic E-state index is 12.6. The molecule has 1 aliphatic heterocycles. The van der Waals surface area contributed by atoms with Crippen molar-refractivity contribution < 1.29 is 9.59 Å². The molecule has 1 aliphatic rings. The number of rotatable bonds is 6. The summed E-state index contributed by atoms with van der Waals surface area (Å²) >= 11 is 0. The van der Waals surface area contributed by atoms with Crippen molar-refractivity contribution in [3.8, 4) is 5.69 Å². The van der Waals surface area contributed by atoms with Gasteiger partial charge in [0.05, 0.1) is 5.69 Å². The van der Waals surface area contributed by atoms with Crippen LogP contribution in [0.5, 0.6) is 0 Å². The molecule has 4 rings (SSSR count). The molecular weight excluding hydrogens is 380 g/mol. The average Bonchev–Trinajstić information content (AvgIpc) is 3.17. The second-order valence-electron chi connectivity index (χ2n) is 7.23. The van der Waals surface area contributed by atoms with E-state index in [9.17, 15) is 14.4 Å². The van der Waals surface area contributed by atoms with Crippen LogP contribution in [0.2, 0.25) is 0 Å². The molecule has 1 N–H and O–H groups in total. The molecule has 0 saturated carbocycles. The predicted octanol–water partition coefficient (Wildman–Crippen LogP) is 2.28. The van der Waals surface area contributed by atoms with Gasteiger partial charge in [0, 0.05) is 32.1 Å². The minimum atomic E-state index is -0.361. The standard InChI is InChI=1S/C23H22N4O3/c28-21-10-5-13-26(21)16-18-7-4-6-17(14-18)15-24-23(30)20-11-12-22(29)27(25-20)19-8-2-1-3-9-19/h1-4,6-9,11-12,14H,5,10,13,15-16H2,(H,24,30). The summed E-state index contributed by atoms with van der Waals surface area (Å²) < 4.78 is 1.21. The first-order valence-electron chi connectivity index (χ1n) is 9.90. The van der Waals surface area contributed by atoms with Gasteiger partial charge in [0.25, 0.3) is 11.5 Å². The van der Waals surface area contributed by atoms with Crippen LogP contribution in [0.1, 0.15) is 34.5 Å². The molecule has 1 fully saturated rings. The Kier molecular flexibility index (Phi) is 5.70. The van der Waals surface area contributed by atoms with E-state index in [1.165, 1.54) is 16.8 Å². The number of nitrogens with zero attached hydrogens (tertiary/aromatic N) is 3. The molecule has 2 heterocycles. The van der Waals surface area contributed by atoms with Crippen LogP contribution < -0.4 is 10.9 Å². The molecule has 0 aliphatic carbocycles. The van der Waals surface area contributed by atoms with Crippen LogP contribution in [0, 0.1) is 0 Å². The molecule has 1 saturated heterocycles. The highest BCUT2D eigenvalue weighted by Crippen LogP contribution is 2.15. The van der Waals surface area contributed by atoms with Gasteiger partial charge in [-0.1, -0.05) is 42.5 Å². The lowest BCUT2D eigenvalue weighted by Gasteiger charge is -2.16. The van der Waals surface area contributed by atoms with E-state index >= 15 is 0 Å². The van der Waals surface area contributed by atoms with Crippen LogP contribution in [0.4, 0.5) is 0 Å². The smallest absolute Gasteiger partial charge is 0.272 e. The van der Waals surface area contributed by atoms with Crippen molar-refractivity contribution in [3.63, 3.8) is 0 Å². The van der Waals surface area contributed by atoms with Gasteiger partial charge >= 0.3 is 0 Å². The summed E-state index contributed by atoms with van der Waals surface area (Å²) in [6.45, 7) is 1.71. The van der Waals surface area contributed by atoms with Gasteiger partial charge in [0.2, 0.25) is 5.91 Å². The van der Waals surface area contributed by atoms with Crippen molar-refractivity contribution >= 4 is 11.8 Å². The molecule has 0 spiro atoms. The maximum Gasteiger partial charge on any atom is 0.272 e. The van der Waals surface area contributed by atoms with E-state index in [1.807, 2.05) is 35.2 Å². The lowest BCUT2D eigenvalue weighted by molar-refractivity contribution is -0.128. The first-order chi connectivity index (χ1) is 14.6. The summed E-state index contributed by atoms with van der Waals surface area (Å²) in [6.07, 6.45) is 1.53. The lowest BCUT2D eigenvalue weighted by Crippen LogP contribution is -2.28. The Morgan fingerprint density at radius 1 is 0.967 bits per heavy atom. The Morgan fingerprint density at radius 2 is 1.77 bits per heavy atom. The Labute approximate surface area is 174 Å². The van der Waals surface area contributed by atoms with Crippen molar-refractivity contribution in [2.24, 2.45) is 0 Å². The molecule has 1 aromatic heterocycles. The van der Waals surface area contributed by atoms with E-state index in [1.54, 1.807) is 24.3 Å². The fraction of sp³-hybridized carbons (Fsp3) is 0.217. The summed E-state index contributed by atoms with van der Waals surface area (Å²) in [4.78, 5) is 38.4. The molecule has 152 valence electrons. The molecule has 7 heteroatoms. The summed E-state index contributed by atoms with van der Waals surface area (Å²) in [5, 5.41) is 7.04. The number of hydrogen-bond donors (Lipinski definition) is 1. The van der Waals surface area contributed by atoms with E-state index in [0.717, 1.165) is 24.1 Å². The lowest BCUT2D eigenvalue weighted by atomic mass is 10.1. The van der Waals surface area contributed by atoms with Crippen molar-refractivity contribution in [2.45, 2.75) is 25.9 Å². The zero-order valence-electron chi connectivity index (χ0n) is 16.5. The Morgan fingerprint density at radius 3 is 2.53 bits per heavy atom. The first-order valence-corrected chi connectivity index (χ1v) is 9.90. The van der Waals surface area contributed by atoms with Crippen molar-refractivity contribution in [2.75, 3.05) is 6.54 Å². The average molecular weight is 402 g/mol. The molecule has 0 radical (unpaired) electrons. The largest absolute Gasteiger partial charge is 0.347 e. The number of para-hydroxylation sites is 1. The summed E-state index contributed by atoms with van der Waals surface area (Å²) in [6, 6.07) is 19.5. The zero-order valence-corrected chi connectivity index (χ0v) is 16.5. The predicted molar refractivity (Wildman–Crippen MR) is 112 cm³/mol. The van der Waals surface area contributed by atoms with Crippen molar-refractivity contribution in [3.05, 3.63) is 93.9 Å². The molecule has 7 nitrogen and oxygen atoms in total.